The number of hydrogen-bond donors (Lipinski definition) is 2. The summed E-state index contributed by atoms with van der Waals surface area (Å²) in [6.45, 7) is 5.57. The Kier molecular flexibility index (Phi) is 5.89. The Morgan fingerprint density at radius 3 is 2.28 bits per heavy atom. The fourth-order valence-corrected chi connectivity index (χ4v) is 2.22. The first-order valence-corrected chi connectivity index (χ1v) is 7.78. The number of benzene rings is 2. The van der Waals surface area contributed by atoms with Gasteiger partial charge in [-0.15, -0.1) is 0 Å². The van der Waals surface area contributed by atoms with Crippen molar-refractivity contribution in [2.75, 3.05) is 12.4 Å². The molecule has 0 atom stereocenters. The number of nitrogens with zero attached hydrogens (tertiary/aromatic N) is 1. The average Bonchev–Trinajstić information content (AvgIpc) is 2.61. The lowest BCUT2D eigenvalue weighted by molar-refractivity contribution is -0.136. The summed E-state index contributed by atoms with van der Waals surface area (Å²) in [5.74, 6) is -0.862. The molecule has 2 N–H and O–H groups in total. The first kappa shape index (κ1) is 18.2. The van der Waals surface area contributed by atoms with Gasteiger partial charge in [0.1, 0.15) is 5.75 Å². The molecule has 2 aromatic carbocycles. The number of carbonyl (C=O) groups is 2. The molecule has 2 rings (SSSR count). The summed E-state index contributed by atoms with van der Waals surface area (Å²) in [6.07, 6.45) is 0. The number of nitrogens with one attached hydrogen (secondary N) is 2. The van der Waals surface area contributed by atoms with Gasteiger partial charge >= 0.3 is 11.8 Å². The lowest BCUT2D eigenvalue weighted by Gasteiger charge is -2.08. The third-order valence-electron chi connectivity index (χ3n) is 3.67. The molecule has 25 heavy (non-hydrogen) atoms. The SMILES string of the molecule is COc1ccc(/C(C)=N/NC(=O)C(=O)Nc2ccc(C)cc2C)cc1. The van der Waals surface area contributed by atoms with Crippen LogP contribution in [0.4, 0.5) is 5.69 Å². The van der Waals surface area contributed by atoms with Crippen LogP contribution in [0.15, 0.2) is 47.6 Å². The minimum absolute atomic E-state index is 0.579. The van der Waals surface area contributed by atoms with Crippen molar-refractivity contribution in [3.05, 3.63) is 59.2 Å². The molecule has 0 aromatic heterocycles. The second-order valence-electron chi connectivity index (χ2n) is 5.64. The summed E-state index contributed by atoms with van der Waals surface area (Å²) in [4.78, 5) is 23.9. The first-order chi connectivity index (χ1) is 11.9. The second kappa shape index (κ2) is 8.10. The summed E-state index contributed by atoms with van der Waals surface area (Å²) >= 11 is 0. The highest BCUT2D eigenvalue weighted by Gasteiger charge is 2.14. The van der Waals surface area contributed by atoms with Gasteiger partial charge in [-0.25, -0.2) is 5.43 Å². The Morgan fingerprint density at radius 2 is 1.68 bits per heavy atom. The van der Waals surface area contributed by atoms with Gasteiger partial charge in [0.15, 0.2) is 0 Å². The average molecular weight is 339 g/mol. The molecule has 0 fully saturated rings. The van der Waals surface area contributed by atoms with Gasteiger partial charge in [0.05, 0.1) is 12.8 Å². The van der Waals surface area contributed by atoms with E-state index in [0.717, 1.165) is 22.4 Å². The predicted octanol–water partition coefficient (Wildman–Crippen LogP) is 2.79. The van der Waals surface area contributed by atoms with Crippen molar-refractivity contribution in [2.24, 2.45) is 5.10 Å². The largest absolute Gasteiger partial charge is 0.497 e. The molecule has 0 saturated heterocycles. The maximum atomic E-state index is 12.0. The molecule has 0 aliphatic carbocycles. The van der Waals surface area contributed by atoms with Crippen LogP contribution in [0.1, 0.15) is 23.6 Å². The highest BCUT2D eigenvalue weighted by atomic mass is 16.5. The normalized spacial score (nSPS) is 11.0. The fraction of sp³-hybridized carbons (Fsp3) is 0.211. The van der Waals surface area contributed by atoms with Crippen LogP contribution in [-0.2, 0) is 9.59 Å². The Morgan fingerprint density at radius 1 is 1.00 bits per heavy atom. The number of rotatable bonds is 4. The van der Waals surface area contributed by atoms with Crippen LogP contribution < -0.4 is 15.5 Å². The van der Waals surface area contributed by atoms with Gasteiger partial charge in [-0.3, -0.25) is 9.59 Å². The van der Waals surface area contributed by atoms with E-state index in [9.17, 15) is 9.59 Å². The lowest BCUT2D eigenvalue weighted by atomic mass is 10.1. The van der Waals surface area contributed by atoms with Crippen molar-refractivity contribution in [2.45, 2.75) is 20.8 Å². The van der Waals surface area contributed by atoms with Crippen molar-refractivity contribution in [1.82, 2.24) is 5.43 Å². The minimum atomic E-state index is -0.826. The van der Waals surface area contributed by atoms with Crippen LogP contribution in [0.5, 0.6) is 5.75 Å². The van der Waals surface area contributed by atoms with E-state index in [0.29, 0.717) is 11.4 Å². The topological polar surface area (TPSA) is 79.8 Å². The van der Waals surface area contributed by atoms with E-state index in [-0.39, 0.29) is 0 Å². The van der Waals surface area contributed by atoms with Gasteiger partial charge < -0.3 is 10.1 Å². The summed E-state index contributed by atoms with van der Waals surface area (Å²) < 4.78 is 5.09. The van der Waals surface area contributed by atoms with Gasteiger partial charge in [-0.2, -0.15) is 5.10 Å². The maximum Gasteiger partial charge on any atom is 0.329 e. The van der Waals surface area contributed by atoms with Gasteiger partial charge in [0.25, 0.3) is 0 Å². The molecule has 2 amide bonds. The van der Waals surface area contributed by atoms with E-state index >= 15 is 0 Å². The quantitative estimate of drug-likeness (QED) is 0.511. The van der Waals surface area contributed by atoms with Crippen molar-refractivity contribution >= 4 is 23.2 Å². The number of methoxy groups -OCH3 is 1. The molecule has 130 valence electrons. The van der Waals surface area contributed by atoms with E-state index in [2.05, 4.69) is 15.8 Å². The van der Waals surface area contributed by atoms with Gasteiger partial charge in [-0.1, -0.05) is 17.7 Å². The monoisotopic (exact) mass is 339 g/mol. The molecule has 0 unspecified atom stereocenters. The van der Waals surface area contributed by atoms with Crippen molar-refractivity contribution in [3.63, 3.8) is 0 Å². The smallest absolute Gasteiger partial charge is 0.329 e. The van der Waals surface area contributed by atoms with Crippen LogP contribution >= 0.6 is 0 Å². The zero-order chi connectivity index (χ0) is 18.4. The van der Waals surface area contributed by atoms with Gasteiger partial charge in [-0.05, 0) is 62.2 Å². The van der Waals surface area contributed by atoms with E-state index in [1.807, 2.05) is 38.1 Å². The molecule has 0 bridgehead atoms. The van der Waals surface area contributed by atoms with Crippen LogP contribution in [0.3, 0.4) is 0 Å². The molecule has 6 nitrogen and oxygen atoms in total. The minimum Gasteiger partial charge on any atom is -0.497 e. The summed E-state index contributed by atoms with van der Waals surface area (Å²) in [6, 6.07) is 12.8. The fourth-order valence-electron chi connectivity index (χ4n) is 2.22. The third kappa shape index (κ3) is 4.91. The molecule has 6 heteroatoms. The molecule has 0 aliphatic heterocycles. The van der Waals surface area contributed by atoms with Crippen molar-refractivity contribution < 1.29 is 14.3 Å². The second-order valence-corrected chi connectivity index (χ2v) is 5.64. The highest BCUT2D eigenvalue weighted by Crippen LogP contribution is 2.15. The van der Waals surface area contributed by atoms with Gasteiger partial charge in [0, 0.05) is 5.69 Å². The zero-order valence-corrected chi connectivity index (χ0v) is 14.7. The summed E-state index contributed by atoms with van der Waals surface area (Å²) in [7, 11) is 1.59. The molecule has 2 aromatic rings. The maximum absolute atomic E-state index is 12.0. The Balaban J connectivity index is 1.99. The molecular formula is C19H21N3O3. The number of carbonyl (C=O) groups excluding carboxylic acids is 2. The Labute approximate surface area is 146 Å². The third-order valence-corrected chi connectivity index (χ3v) is 3.67. The highest BCUT2D eigenvalue weighted by molar-refractivity contribution is 6.39. The zero-order valence-electron chi connectivity index (χ0n) is 14.7. The number of amides is 2. The number of aryl methyl sites for hydroxylation is 2. The lowest BCUT2D eigenvalue weighted by Crippen LogP contribution is -2.33. The van der Waals surface area contributed by atoms with Gasteiger partial charge in [0.2, 0.25) is 0 Å². The van der Waals surface area contributed by atoms with Crippen LogP contribution in [0.25, 0.3) is 0 Å². The van der Waals surface area contributed by atoms with Crippen molar-refractivity contribution in [3.8, 4) is 5.75 Å². The van der Waals surface area contributed by atoms with Crippen LogP contribution in [0.2, 0.25) is 0 Å². The standard InChI is InChI=1S/C19H21N3O3/c1-12-5-10-17(13(2)11-12)20-18(23)19(24)22-21-14(3)15-6-8-16(25-4)9-7-15/h5-11H,1-4H3,(H,20,23)(H,22,24)/b21-14+. The van der Waals surface area contributed by atoms with Crippen LogP contribution in [-0.4, -0.2) is 24.6 Å². The molecule has 0 saturated carbocycles. The molecule has 0 aliphatic rings. The van der Waals surface area contributed by atoms with E-state index in [1.54, 1.807) is 32.2 Å². The van der Waals surface area contributed by atoms with Crippen molar-refractivity contribution in [1.29, 1.82) is 0 Å². The number of hydrazone groups is 1. The first-order valence-electron chi connectivity index (χ1n) is 7.78. The molecule has 0 spiro atoms. The van der Waals surface area contributed by atoms with Crippen LogP contribution in [0, 0.1) is 13.8 Å². The summed E-state index contributed by atoms with van der Waals surface area (Å²) in [5, 5.41) is 6.54. The molecule has 0 heterocycles. The summed E-state index contributed by atoms with van der Waals surface area (Å²) in [5.41, 5.74) is 6.23. The number of ether oxygens (including phenoxy) is 1. The predicted molar refractivity (Wildman–Crippen MR) is 97.9 cm³/mol. The Hall–Kier alpha value is -3.15. The number of anilines is 1. The van der Waals surface area contributed by atoms with E-state index < -0.39 is 11.8 Å². The van der Waals surface area contributed by atoms with E-state index in [4.69, 9.17) is 4.74 Å². The molecular weight excluding hydrogens is 318 g/mol. The Bertz CT molecular complexity index is 811. The molecule has 0 radical (unpaired) electrons. The van der Waals surface area contributed by atoms with E-state index in [1.165, 1.54) is 0 Å². The number of hydrogen-bond acceptors (Lipinski definition) is 4.